The summed E-state index contributed by atoms with van der Waals surface area (Å²) in [6, 6.07) is 7.79. The average molecular weight is 287 g/mol. The molecule has 0 radical (unpaired) electrons. The Balaban J connectivity index is 2.09. The van der Waals surface area contributed by atoms with Crippen LogP contribution in [0, 0.1) is 0 Å². The van der Waals surface area contributed by atoms with Gasteiger partial charge in [-0.3, -0.25) is 0 Å². The SMILES string of the molecule is CN(C)c1c(C[NH+]2CCCCC2)c(=O)oc2ccccc12. The maximum absolute atomic E-state index is 12.4. The summed E-state index contributed by atoms with van der Waals surface area (Å²) in [5.74, 6) is 0. The summed E-state index contributed by atoms with van der Waals surface area (Å²) in [5, 5.41) is 1.02. The lowest BCUT2D eigenvalue weighted by Crippen LogP contribution is -3.11. The number of hydrogen-bond donors (Lipinski definition) is 1. The molecular formula is C17H23N2O2+. The van der Waals surface area contributed by atoms with E-state index in [9.17, 15) is 4.79 Å². The topological polar surface area (TPSA) is 37.9 Å². The predicted octanol–water partition coefficient (Wildman–Crippen LogP) is 1.43. The molecule has 1 N–H and O–H groups in total. The molecule has 0 aliphatic carbocycles. The van der Waals surface area contributed by atoms with Crippen molar-refractivity contribution < 1.29 is 9.32 Å². The second-order valence-electron chi connectivity index (χ2n) is 6.09. The first-order valence-corrected chi connectivity index (χ1v) is 7.72. The van der Waals surface area contributed by atoms with Gasteiger partial charge in [-0.1, -0.05) is 12.1 Å². The zero-order valence-corrected chi connectivity index (χ0v) is 12.8. The zero-order chi connectivity index (χ0) is 14.8. The number of hydrogen-bond acceptors (Lipinski definition) is 3. The van der Waals surface area contributed by atoms with Gasteiger partial charge < -0.3 is 14.2 Å². The van der Waals surface area contributed by atoms with E-state index in [1.807, 2.05) is 43.3 Å². The highest BCUT2D eigenvalue weighted by Crippen LogP contribution is 2.26. The monoisotopic (exact) mass is 287 g/mol. The number of nitrogens with zero attached hydrogens (tertiary/aromatic N) is 1. The van der Waals surface area contributed by atoms with Gasteiger partial charge in [-0.05, 0) is 31.4 Å². The first-order chi connectivity index (χ1) is 10.2. The van der Waals surface area contributed by atoms with Gasteiger partial charge in [0, 0.05) is 19.5 Å². The van der Waals surface area contributed by atoms with E-state index in [0.717, 1.165) is 36.3 Å². The molecule has 2 heterocycles. The van der Waals surface area contributed by atoms with Gasteiger partial charge in [0.15, 0.2) is 0 Å². The highest BCUT2D eigenvalue weighted by atomic mass is 16.4. The van der Waals surface area contributed by atoms with Gasteiger partial charge in [0.2, 0.25) is 0 Å². The third-order valence-electron chi connectivity index (χ3n) is 4.31. The number of piperidine rings is 1. The molecule has 3 rings (SSSR count). The van der Waals surface area contributed by atoms with Crippen molar-refractivity contribution in [2.45, 2.75) is 25.8 Å². The largest absolute Gasteiger partial charge is 0.422 e. The number of quaternary nitrogens is 1. The average Bonchev–Trinajstić information content (AvgIpc) is 2.48. The first kappa shape index (κ1) is 14.1. The quantitative estimate of drug-likeness (QED) is 0.868. The zero-order valence-electron chi connectivity index (χ0n) is 12.8. The van der Waals surface area contributed by atoms with Crippen LogP contribution in [-0.4, -0.2) is 27.2 Å². The maximum Gasteiger partial charge on any atom is 0.347 e. The highest BCUT2D eigenvalue weighted by molar-refractivity contribution is 5.91. The molecule has 4 heteroatoms. The van der Waals surface area contributed by atoms with Crippen molar-refractivity contribution in [3.8, 4) is 0 Å². The molecule has 1 aliphatic heterocycles. The predicted molar refractivity (Wildman–Crippen MR) is 85.1 cm³/mol. The van der Waals surface area contributed by atoms with E-state index in [0.29, 0.717) is 5.58 Å². The van der Waals surface area contributed by atoms with Gasteiger partial charge in [-0.25, -0.2) is 4.79 Å². The Kier molecular flexibility index (Phi) is 3.97. The standard InChI is InChI=1S/C17H22N2O2/c1-18(2)16-13-8-4-5-9-15(13)21-17(20)14(16)12-19-10-6-3-7-11-19/h4-5,8-9H,3,6-7,10-12H2,1-2H3/p+1. The normalized spacial score (nSPS) is 16.3. The summed E-state index contributed by atoms with van der Waals surface area (Å²) in [7, 11) is 3.99. The summed E-state index contributed by atoms with van der Waals surface area (Å²) in [4.78, 5) is 16.0. The molecule has 0 spiro atoms. The molecule has 1 saturated heterocycles. The highest BCUT2D eigenvalue weighted by Gasteiger charge is 2.22. The second-order valence-corrected chi connectivity index (χ2v) is 6.09. The second kappa shape index (κ2) is 5.90. The molecular weight excluding hydrogens is 264 g/mol. The van der Waals surface area contributed by atoms with Crippen LogP contribution in [0.2, 0.25) is 0 Å². The van der Waals surface area contributed by atoms with Crippen molar-refractivity contribution in [2.75, 3.05) is 32.1 Å². The molecule has 1 fully saturated rings. The molecule has 112 valence electrons. The summed E-state index contributed by atoms with van der Waals surface area (Å²) in [6.45, 7) is 3.07. The van der Waals surface area contributed by atoms with Crippen molar-refractivity contribution in [3.63, 3.8) is 0 Å². The van der Waals surface area contributed by atoms with Gasteiger partial charge in [0.05, 0.1) is 18.8 Å². The molecule has 0 unspecified atom stereocenters. The minimum absolute atomic E-state index is 0.185. The fraction of sp³-hybridized carbons (Fsp3) is 0.471. The van der Waals surface area contributed by atoms with Crippen LogP contribution in [-0.2, 0) is 6.54 Å². The lowest BCUT2D eigenvalue weighted by atomic mass is 10.1. The number of nitrogens with one attached hydrogen (secondary N) is 1. The van der Waals surface area contributed by atoms with Crippen LogP contribution < -0.4 is 15.4 Å². The molecule has 0 amide bonds. The maximum atomic E-state index is 12.4. The van der Waals surface area contributed by atoms with Crippen molar-refractivity contribution in [3.05, 3.63) is 40.2 Å². The van der Waals surface area contributed by atoms with Crippen LogP contribution in [0.25, 0.3) is 11.0 Å². The molecule has 1 aliphatic rings. The summed E-state index contributed by atoms with van der Waals surface area (Å²) >= 11 is 0. The summed E-state index contributed by atoms with van der Waals surface area (Å²) in [5.41, 5.74) is 2.31. The van der Waals surface area contributed by atoms with Gasteiger partial charge >= 0.3 is 5.63 Å². The summed E-state index contributed by atoms with van der Waals surface area (Å²) in [6.07, 6.45) is 3.83. The van der Waals surface area contributed by atoms with E-state index in [2.05, 4.69) is 0 Å². The minimum Gasteiger partial charge on any atom is -0.422 e. The number of fused-ring (bicyclic) bond motifs is 1. The number of rotatable bonds is 3. The van der Waals surface area contributed by atoms with E-state index in [1.165, 1.54) is 24.2 Å². The number of benzene rings is 1. The fourth-order valence-electron chi connectivity index (χ4n) is 3.32. The van der Waals surface area contributed by atoms with Gasteiger partial charge in [0.25, 0.3) is 0 Å². The Morgan fingerprint density at radius 1 is 1.14 bits per heavy atom. The van der Waals surface area contributed by atoms with Crippen molar-refractivity contribution in [1.29, 1.82) is 0 Å². The third kappa shape index (κ3) is 2.81. The Labute approximate surface area is 125 Å². The van der Waals surface area contributed by atoms with Crippen LogP contribution in [0.4, 0.5) is 5.69 Å². The summed E-state index contributed by atoms with van der Waals surface area (Å²) < 4.78 is 5.53. The lowest BCUT2D eigenvalue weighted by Gasteiger charge is -2.25. The molecule has 1 aromatic carbocycles. The Morgan fingerprint density at radius 3 is 2.57 bits per heavy atom. The number of likely N-dealkylation sites (tertiary alicyclic amines) is 1. The van der Waals surface area contributed by atoms with Crippen LogP contribution in [0.5, 0.6) is 0 Å². The number of anilines is 1. The lowest BCUT2D eigenvalue weighted by molar-refractivity contribution is -0.918. The molecule has 0 saturated carbocycles. The van der Waals surface area contributed by atoms with Crippen LogP contribution in [0.1, 0.15) is 24.8 Å². The Bertz CT molecular complexity index is 685. The van der Waals surface area contributed by atoms with Crippen LogP contribution >= 0.6 is 0 Å². The van der Waals surface area contributed by atoms with Crippen LogP contribution in [0.15, 0.2) is 33.5 Å². The Hall–Kier alpha value is -1.81. The minimum atomic E-state index is -0.185. The Morgan fingerprint density at radius 2 is 1.86 bits per heavy atom. The molecule has 21 heavy (non-hydrogen) atoms. The molecule has 4 nitrogen and oxygen atoms in total. The molecule has 1 aromatic heterocycles. The molecule has 0 bridgehead atoms. The van der Waals surface area contributed by atoms with E-state index in [4.69, 9.17) is 4.42 Å². The van der Waals surface area contributed by atoms with Crippen molar-refractivity contribution in [2.24, 2.45) is 0 Å². The van der Waals surface area contributed by atoms with Crippen LogP contribution in [0.3, 0.4) is 0 Å². The van der Waals surface area contributed by atoms with Crippen molar-refractivity contribution in [1.82, 2.24) is 0 Å². The van der Waals surface area contributed by atoms with Gasteiger partial charge in [-0.15, -0.1) is 0 Å². The van der Waals surface area contributed by atoms with E-state index < -0.39 is 0 Å². The van der Waals surface area contributed by atoms with E-state index in [-0.39, 0.29) is 5.63 Å². The van der Waals surface area contributed by atoms with Gasteiger partial charge in [0.1, 0.15) is 17.7 Å². The van der Waals surface area contributed by atoms with E-state index >= 15 is 0 Å². The molecule has 2 aromatic rings. The smallest absolute Gasteiger partial charge is 0.347 e. The van der Waals surface area contributed by atoms with E-state index in [1.54, 1.807) is 0 Å². The fourth-order valence-corrected chi connectivity index (χ4v) is 3.32. The number of para-hydroxylation sites is 1. The van der Waals surface area contributed by atoms with Crippen molar-refractivity contribution >= 4 is 16.7 Å². The van der Waals surface area contributed by atoms with Gasteiger partial charge in [-0.2, -0.15) is 0 Å². The molecule has 0 atom stereocenters. The first-order valence-electron chi connectivity index (χ1n) is 7.72. The third-order valence-corrected chi connectivity index (χ3v) is 4.31.